The van der Waals surface area contributed by atoms with Crippen molar-refractivity contribution < 1.29 is 9.13 Å². The molecule has 1 heterocycles. The summed E-state index contributed by atoms with van der Waals surface area (Å²) >= 11 is 0. The first kappa shape index (κ1) is 20.4. The van der Waals surface area contributed by atoms with E-state index in [4.69, 9.17) is 4.74 Å². The normalized spacial score (nSPS) is 15.7. The monoisotopic (exact) mass is 404 g/mol. The van der Waals surface area contributed by atoms with Gasteiger partial charge in [0.05, 0.1) is 0 Å². The lowest BCUT2D eigenvalue weighted by Crippen LogP contribution is -2.46. The zero-order valence-electron chi connectivity index (χ0n) is 17.5. The molecule has 1 saturated heterocycles. The minimum absolute atomic E-state index is 0.0526. The fraction of sp³-hybridized carbons (Fsp3) is 0.308. The van der Waals surface area contributed by atoms with Crippen LogP contribution in [0.2, 0.25) is 0 Å². The van der Waals surface area contributed by atoms with Crippen molar-refractivity contribution in [2.24, 2.45) is 0 Å². The lowest BCUT2D eigenvalue weighted by atomic mass is 10.1. The van der Waals surface area contributed by atoms with E-state index in [0.717, 1.165) is 50.5 Å². The van der Waals surface area contributed by atoms with Crippen LogP contribution in [0.25, 0.3) is 0 Å². The first-order chi connectivity index (χ1) is 14.7. The van der Waals surface area contributed by atoms with Crippen molar-refractivity contribution in [2.45, 2.75) is 19.4 Å². The highest BCUT2D eigenvalue weighted by atomic mass is 19.1. The standard InChI is InChI=1S/C26H29FN2O/c1-21-20-24(12-13-25(21)27)30-26(22-8-4-2-5-9-22)14-15-28-16-18-29(19-17-28)23-10-6-3-7-11-23/h2-13,20,26H,14-19H2,1H3/t26-/m0/s1. The summed E-state index contributed by atoms with van der Waals surface area (Å²) in [7, 11) is 0. The molecule has 0 radical (unpaired) electrons. The summed E-state index contributed by atoms with van der Waals surface area (Å²) in [6, 6.07) is 25.9. The second-order valence-corrected chi connectivity index (χ2v) is 7.88. The highest BCUT2D eigenvalue weighted by Crippen LogP contribution is 2.27. The van der Waals surface area contributed by atoms with Gasteiger partial charge in [0.2, 0.25) is 0 Å². The summed E-state index contributed by atoms with van der Waals surface area (Å²) in [5.74, 6) is 0.520. The van der Waals surface area contributed by atoms with Crippen LogP contribution < -0.4 is 9.64 Å². The number of rotatable bonds is 7. The smallest absolute Gasteiger partial charge is 0.126 e. The molecule has 3 aromatic rings. The molecule has 1 fully saturated rings. The average Bonchev–Trinajstić information content (AvgIpc) is 2.80. The molecule has 4 rings (SSSR count). The summed E-state index contributed by atoms with van der Waals surface area (Å²) < 4.78 is 20.0. The Morgan fingerprint density at radius 1 is 0.867 bits per heavy atom. The lowest BCUT2D eigenvalue weighted by Gasteiger charge is -2.36. The Kier molecular flexibility index (Phi) is 6.65. The van der Waals surface area contributed by atoms with Crippen LogP contribution in [0.4, 0.5) is 10.1 Å². The minimum Gasteiger partial charge on any atom is -0.486 e. The van der Waals surface area contributed by atoms with Crippen molar-refractivity contribution in [3.8, 4) is 5.75 Å². The van der Waals surface area contributed by atoms with Gasteiger partial charge in [0.25, 0.3) is 0 Å². The number of piperazine rings is 1. The van der Waals surface area contributed by atoms with E-state index in [1.807, 2.05) is 18.2 Å². The molecule has 30 heavy (non-hydrogen) atoms. The first-order valence-electron chi connectivity index (χ1n) is 10.7. The van der Waals surface area contributed by atoms with Crippen LogP contribution in [0.3, 0.4) is 0 Å². The van der Waals surface area contributed by atoms with Gasteiger partial charge < -0.3 is 9.64 Å². The quantitative estimate of drug-likeness (QED) is 0.520. The van der Waals surface area contributed by atoms with Crippen molar-refractivity contribution in [1.82, 2.24) is 4.90 Å². The topological polar surface area (TPSA) is 15.7 Å². The van der Waals surface area contributed by atoms with Gasteiger partial charge in [-0.15, -0.1) is 0 Å². The summed E-state index contributed by atoms with van der Waals surface area (Å²) in [6.07, 6.45) is 0.842. The molecule has 3 aromatic carbocycles. The first-order valence-corrected chi connectivity index (χ1v) is 10.7. The SMILES string of the molecule is Cc1cc(O[C@@H](CCN2CCN(c3ccccc3)CC2)c2ccccc2)ccc1F. The minimum atomic E-state index is -0.199. The summed E-state index contributed by atoms with van der Waals surface area (Å²) in [4.78, 5) is 4.96. The van der Waals surface area contributed by atoms with E-state index >= 15 is 0 Å². The van der Waals surface area contributed by atoms with Gasteiger partial charge in [-0.2, -0.15) is 0 Å². The van der Waals surface area contributed by atoms with Crippen LogP contribution >= 0.6 is 0 Å². The third kappa shape index (κ3) is 5.19. The Morgan fingerprint density at radius 2 is 1.53 bits per heavy atom. The molecular weight excluding hydrogens is 375 g/mol. The van der Waals surface area contributed by atoms with Crippen molar-refractivity contribution in [2.75, 3.05) is 37.6 Å². The van der Waals surface area contributed by atoms with E-state index < -0.39 is 0 Å². The number of anilines is 1. The van der Waals surface area contributed by atoms with E-state index in [0.29, 0.717) is 5.56 Å². The molecule has 0 N–H and O–H groups in total. The van der Waals surface area contributed by atoms with Crippen molar-refractivity contribution in [1.29, 1.82) is 0 Å². The van der Waals surface area contributed by atoms with Crippen molar-refractivity contribution in [3.63, 3.8) is 0 Å². The summed E-state index contributed by atoms with van der Waals surface area (Å²) in [5, 5.41) is 0. The lowest BCUT2D eigenvalue weighted by molar-refractivity contribution is 0.160. The summed E-state index contributed by atoms with van der Waals surface area (Å²) in [6.45, 7) is 6.92. The van der Waals surface area contributed by atoms with E-state index in [2.05, 4.69) is 52.3 Å². The molecule has 0 amide bonds. The zero-order chi connectivity index (χ0) is 20.8. The summed E-state index contributed by atoms with van der Waals surface area (Å²) in [5.41, 5.74) is 3.06. The number of benzene rings is 3. The van der Waals surface area contributed by atoms with Crippen LogP contribution in [-0.4, -0.2) is 37.6 Å². The van der Waals surface area contributed by atoms with E-state index in [1.165, 1.54) is 11.8 Å². The van der Waals surface area contributed by atoms with Crippen LogP contribution in [0.15, 0.2) is 78.9 Å². The molecular formula is C26H29FN2O. The number of para-hydroxylation sites is 1. The van der Waals surface area contributed by atoms with Crippen molar-refractivity contribution in [3.05, 3.63) is 95.8 Å². The third-order valence-corrected chi connectivity index (χ3v) is 5.78. The molecule has 4 heteroatoms. The molecule has 0 saturated carbocycles. The molecule has 156 valence electrons. The maximum absolute atomic E-state index is 13.6. The van der Waals surface area contributed by atoms with Crippen LogP contribution in [0.1, 0.15) is 23.7 Å². The Morgan fingerprint density at radius 3 is 2.20 bits per heavy atom. The number of hydrogen-bond acceptors (Lipinski definition) is 3. The van der Waals surface area contributed by atoms with E-state index in [9.17, 15) is 4.39 Å². The zero-order valence-corrected chi connectivity index (χ0v) is 17.5. The maximum Gasteiger partial charge on any atom is 0.126 e. The molecule has 0 aliphatic carbocycles. The second-order valence-electron chi connectivity index (χ2n) is 7.88. The number of ether oxygens (including phenoxy) is 1. The highest BCUT2D eigenvalue weighted by Gasteiger charge is 2.20. The Hall–Kier alpha value is -2.85. The largest absolute Gasteiger partial charge is 0.486 e. The number of halogens is 1. The molecule has 1 atom stereocenters. The van der Waals surface area contributed by atoms with Gasteiger partial charge in [0.15, 0.2) is 0 Å². The van der Waals surface area contributed by atoms with Gasteiger partial charge in [0, 0.05) is 44.8 Å². The maximum atomic E-state index is 13.6. The molecule has 0 spiro atoms. The average molecular weight is 405 g/mol. The molecule has 3 nitrogen and oxygen atoms in total. The van der Waals surface area contributed by atoms with E-state index in [1.54, 1.807) is 19.1 Å². The van der Waals surface area contributed by atoms with Gasteiger partial charge >= 0.3 is 0 Å². The van der Waals surface area contributed by atoms with Gasteiger partial charge in [0.1, 0.15) is 17.7 Å². The predicted octanol–water partition coefficient (Wildman–Crippen LogP) is 5.47. The number of hydrogen-bond donors (Lipinski definition) is 0. The number of nitrogens with zero attached hydrogens (tertiary/aromatic N) is 2. The van der Waals surface area contributed by atoms with Gasteiger partial charge in [-0.1, -0.05) is 48.5 Å². The van der Waals surface area contributed by atoms with E-state index in [-0.39, 0.29) is 11.9 Å². The predicted molar refractivity (Wildman–Crippen MR) is 121 cm³/mol. The Balaban J connectivity index is 1.37. The van der Waals surface area contributed by atoms with Gasteiger partial charge in [-0.05, 0) is 48.4 Å². The van der Waals surface area contributed by atoms with Crippen LogP contribution in [0.5, 0.6) is 5.75 Å². The van der Waals surface area contributed by atoms with Gasteiger partial charge in [-0.3, -0.25) is 4.90 Å². The number of aryl methyl sites for hydroxylation is 1. The Bertz CT molecular complexity index is 924. The van der Waals surface area contributed by atoms with Gasteiger partial charge in [-0.25, -0.2) is 4.39 Å². The van der Waals surface area contributed by atoms with Crippen molar-refractivity contribution >= 4 is 5.69 Å². The molecule has 1 aliphatic heterocycles. The third-order valence-electron chi connectivity index (χ3n) is 5.78. The second kappa shape index (κ2) is 9.77. The molecule has 1 aliphatic rings. The molecule has 0 aromatic heterocycles. The fourth-order valence-electron chi connectivity index (χ4n) is 3.98. The van der Waals surface area contributed by atoms with Crippen LogP contribution in [0, 0.1) is 12.7 Å². The molecule has 0 bridgehead atoms. The highest BCUT2D eigenvalue weighted by molar-refractivity contribution is 5.46. The molecule has 0 unspecified atom stereocenters. The van der Waals surface area contributed by atoms with Crippen LogP contribution in [-0.2, 0) is 0 Å². The Labute approximate surface area is 178 Å². The fourth-order valence-corrected chi connectivity index (χ4v) is 3.98.